The molecule has 2 heteroatoms. The Labute approximate surface area is 68.0 Å². The van der Waals surface area contributed by atoms with Crippen molar-refractivity contribution in [1.29, 1.82) is 0 Å². The fraction of sp³-hybridized carbons (Fsp3) is 0.667. The standard InChI is InChI=1S/C9H16N2/c1-7(9(2,3)4)8-5-6-10-11-8/h5-7H,1-4H3,(H,10,11)/t7-/m1/s1. The van der Waals surface area contributed by atoms with Gasteiger partial charge in [0, 0.05) is 17.8 Å². The summed E-state index contributed by atoms with van der Waals surface area (Å²) in [4.78, 5) is 0. The van der Waals surface area contributed by atoms with E-state index in [-0.39, 0.29) is 0 Å². The number of aromatic nitrogens is 2. The van der Waals surface area contributed by atoms with E-state index in [0.29, 0.717) is 11.3 Å². The Hall–Kier alpha value is -0.790. The van der Waals surface area contributed by atoms with Gasteiger partial charge in [0.1, 0.15) is 0 Å². The van der Waals surface area contributed by atoms with Crippen LogP contribution in [0.5, 0.6) is 0 Å². The van der Waals surface area contributed by atoms with Gasteiger partial charge in [-0.05, 0) is 11.5 Å². The maximum absolute atomic E-state index is 3.93. The first-order valence-electron chi connectivity index (χ1n) is 4.01. The first-order valence-corrected chi connectivity index (χ1v) is 4.01. The highest BCUT2D eigenvalue weighted by molar-refractivity contribution is 5.07. The molecule has 0 aliphatic rings. The molecule has 0 aromatic carbocycles. The van der Waals surface area contributed by atoms with E-state index in [1.165, 1.54) is 5.69 Å². The maximum atomic E-state index is 3.93. The average molecular weight is 152 g/mol. The van der Waals surface area contributed by atoms with Crippen LogP contribution in [-0.2, 0) is 0 Å². The molecule has 1 heterocycles. The summed E-state index contributed by atoms with van der Waals surface area (Å²) in [5.74, 6) is 0.532. The molecule has 0 unspecified atom stereocenters. The third kappa shape index (κ3) is 1.82. The van der Waals surface area contributed by atoms with Crippen LogP contribution in [0.2, 0.25) is 0 Å². The van der Waals surface area contributed by atoms with Crippen LogP contribution >= 0.6 is 0 Å². The molecule has 1 rings (SSSR count). The minimum Gasteiger partial charge on any atom is -0.282 e. The first kappa shape index (κ1) is 8.31. The summed E-state index contributed by atoms with van der Waals surface area (Å²) in [5, 5.41) is 6.93. The van der Waals surface area contributed by atoms with Crippen LogP contribution in [0.3, 0.4) is 0 Å². The summed E-state index contributed by atoms with van der Waals surface area (Å²) in [6.07, 6.45) is 1.80. The molecule has 1 aromatic rings. The number of rotatable bonds is 1. The monoisotopic (exact) mass is 152 g/mol. The molecule has 1 atom stereocenters. The summed E-state index contributed by atoms with van der Waals surface area (Å²) in [5.41, 5.74) is 1.53. The van der Waals surface area contributed by atoms with Crippen LogP contribution in [0.1, 0.15) is 39.3 Å². The number of H-pyrrole nitrogens is 1. The highest BCUT2D eigenvalue weighted by atomic mass is 15.1. The molecular formula is C9H16N2. The van der Waals surface area contributed by atoms with Gasteiger partial charge in [-0.15, -0.1) is 0 Å². The quantitative estimate of drug-likeness (QED) is 0.658. The zero-order chi connectivity index (χ0) is 8.48. The largest absolute Gasteiger partial charge is 0.282 e. The van der Waals surface area contributed by atoms with Gasteiger partial charge in [-0.25, -0.2) is 0 Å². The zero-order valence-corrected chi connectivity index (χ0v) is 7.68. The number of nitrogens with one attached hydrogen (secondary N) is 1. The third-order valence-corrected chi connectivity index (χ3v) is 2.29. The molecule has 62 valence electrons. The summed E-state index contributed by atoms with van der Waals surface area (Å²) in [6, 6.07) is 2.04. The summed E-state index contributed by atoms with van der Waals surface area (Å²) in [6.45, 7) is 8.92. The van der Waals surface area contributed by atoms with E-state index in [9.17, 15) is 0 Å². The van der Waals surface area contributed by atoms with Crippen molar-refractivity contribution >= 4 is 0 Å². The topological polar surface area (TPSA) is 28.7 Å². The van der Waals surface area contributed by atoms with Crippen LogP contribution in [0.25, 0.3) is 0 Å². The normalized spacial score (nSPS) is 14.9. The van der Waals surface area contributed by atoms with Crippen molar-refractivity contribution < 1.29 is 0 Å². The second-order valence-corrected chi connectivity index (χ2v) is 4.10. The van der Waals surface area contributed by atoms with Gasteiger partial charge in [-0.1, -0.05) is 27.7 Å². The summed E-state index contributed by atoms with van der Waals surface area (Å²) < 4.78 is 0. The van der Waals surface area contributed by atoms with Crippen molar-refractivity contribution in [2.45, 2.75) is 33.6 Å². The minimum atomic E-state index is 0.312. The van der Waals surface area contributed by atoms with E-state index in [4.69, 9.17) is 0 Å². The number of hydrogen-bond donors (Lipinski definition) is 1. The van der Waals surface area contributed by atoms with E-state index >= 15 is 0 Å². The van der Waals surface area contributed by atoms with Gasteiger partial charge in [0.2, 0.25) is 0 Å². The van der Waals surface area contributed by atoms with Gasteiger partial charge in [-0.2, -0.15) is 5.10 Å². The van der Waals surface area contributed by atoms with Crippen LogP contribution < -0.4 is 0 Å². The Morgan fingerprint density at radius 1 is 1.45 bits per heavy atom. The molecule has 0 fully saturated rings. The summed E-state index contributed by atoms with van der Waals surface area (Å²) in [7, 11) is 0. The molecule has 0 amide bonds. The van der Waals surface area contributed by atoms with Gasteiger partial charge in [-0.3, -0.25) is 5.10 Å². The Kier molecular flexibility index (Phi) is 2.03. The van der Waals surface area contributed by atoms with Crippen molar-refractivity contribution in [3.05, 3.63) is 18.0 Å². The SMILES string of the molecule is C[C@H](c1ccn[nH]1)C(C)(C)C. The van der Waals surface area contributed by atoms with E-state index in [1.807, 2.05) is 6.07 Å². The van der Waals surface area contributed by atoms with Gasteiger partial charge in [0.25, 0.3) is 0 Å². The van der Waals surface area contributed by atoms with Crippen LogP contribution in [0.15, 0.2) is 12.3 Å². The van der Waals surface area contributed by atoms with Crippen molar-refractivity contribution in [1.82, 2.24) is 10.2 Å². The van der Waals surface area contributed by atoms with Gasteiger partial charge < -0.3 is 0 Å². The zero-order valence-electron chi connectivity index (χ0n) is 7.68. The smallest absolute Gasteiger partial charge is 0.0490 e. The average Bonchev–Trinajstić information content (AvgIpc) is 2.34. The van der Waals surface area contributed by atoms with Crippen LogP contribution in [-0.4, -0.2) is 10.2 Å². The lowest BCUT2D eigenvalue weighted by molar-refractivity contribution is 0.334. The Bertz CT molecular complexity index is 206. The second-order valence-electron chi connectivity index (χ2n) is 4.10. The molecule has 1 N–H and O–H groups in total. The molecule has 0 aliphatic carbocycles. The van der Waals surface area contributed by atoms with Crippen LogP contribution in [0.4, 0.5) is 0 Å². The summed E-state index contributed by atoms with van der Waals surface area (Å²) >= 11 is 0. The minimum absolute atomic E-state index is 0.312. The molecule has 1 aromatic heterocycles. The van der Waals surface area contributed by atoms with E-state index in [1.54, 1.807) is 6.20 Å². The Balaban J connectivity index is 2.78. The van der Waals surface area contributed by atoms with Crippen molar-refractivity contribution in [3.63, 3.8) is 0 Å². The fourth-order valence-electron chi connectivity index (χ4n) is 0.974. The molecule has 0 saturated heterocycles. The van der Waals surface area contributed by atoms with Gasteiger partial charge in [0.15, 0.2) is 0 Å². The molecular weight excluding hydrogens is 136 g/mol. The van der Waals surface area contributed by atoms with E-state index < -0.39 is 0 Å². The predicted molar refractivity (Wildman–Crippen MR) is 46.5 cm³/mol. The lowest BCUT2D eigenvalue weighted by Crippen LogP contribution is -2.15. The van der Waals surface area contributed by atoms with E-state index in [0.717, 1.165) is 0 Å². The highest BCUT2D eigenvalue weighted by Gasteiger charge is 2.22. The third-order valence-electron chi connectivity index (χ3n) is 2.29. The lowest BCUT2D eigenvalue weighted by Gasteiger charge is -2.25. The second kappa shape index (κ2) is 2.68. The van der Waals surface area contributed by atoms with Crippen molar-refractivity contribution in [3.8, 4) is 0 Å². The number of aromatic amines is 1. The molecule has 2 nitrogen and oxygen atoms in total. The molecule has 0 spiro atoms. The van der Waals surface area contributed by atoms with Crippen molar-refractivity contribution in [2.75, 3.05) is 0 Å². The molecule has 0 bridgehead atoms. The predicted octanol–water partition coefficient (Wildman–Crippen LogP) is 2.56. The number of hydrogen-bond acceptors (Lipinski definition) is 1. The fourth-order valence-corrected chi connectivity index (χ4v) is 0.974. The van der Waals surface area contributed by atoms with Gasteiger partial charge in [0.05, 0.1) is 0 Å². The van der Waals surface area contributed by atoms with Gasteiger partial charge >= 0.3 is 0 Å². The maximum Gasteiger partial charge on any atom is 0.0490 e. The molecule has 0 aliphatic heterocycles. The lowest BCUT2D eigenvalue weighted by atomic mass is 9.80. The molecule has 0 saturated carbocycles. The Morgan fingerprint density at radius 2 is 2.09 bits per heavy atom. The molecule has 11 heavy (non-hydrogen) atoms. The van der Waals surface area contributed by atoms with Crippen LogP contribution in [0, 0.1) is 5.41 Å². The van der Waals surface area contributed by atoms with E-state index in [2.05, 4.69) is 37.9 Å². The van der Waals surface area contributed by atoms with Crippen molar-refractivity contribution in [2.24, 2.45) is 5.41 Å². The highest BCUT2D eigenvalue weighted by Crippen LogP contribution is 2.32. The number of nitrogens with zero attached hydrogens (tertiary/aromatic N) is 1. The molecule has 0 radical (unpaired) electrons. The Morgan fingerprint density at radius 3 is 2.45 bits per heavy atom. The first-order chi connectivity index (χ1) is 5.02.